The third kappa shape index (κ3) is 0.830. The maximum atomic E-state index is 4.83. The first-order chi connectivity index (χ1) is 6.22. The summed E-state index contributed by atoms with van der Waals surface area (Å²) in [7, 11) is 2.17. The minimum absolute atomic E-state index is 0.0475. The van der Waals surface area contributed by atoms with Crippen LogP contribution in [-0.4, -0.2) is 11.9 Å². The summed E-state index contributed by atoms with van der Waals surface area (Å²) < 4.78 is 0. The molecule has 3 rings (SSSR count). The van der Waals surface area contributed by atoms with Gasteiger partial charge in [-0.1, -0.05) is 18.2 Å². The second kappa shape index (κ2) is 2.31. The van der Waals surface area contributed by atoms with Gasteiger partial charge in [0.15, 0.2) is 0 Å². The van der Waals surface area contributed by atoms with Gasteiger partial charge in [-0.25, -0.2) is 0 Å². The molecule has 0 amide bonds. The fourth-order valence-corrected chi connectivity index (χ4v) is 3.18. The molecule has 0 radical (unpaired) electrons. The van der Waals surface area contributed by atoms with Crippen molar-refractivity contribution in [2.75, 3.05) is 7.05 Å². The van der Waals surface area contributed by atoms with Crippen molar-refractivity contribution in [1.29, 1.82) is 0 Å². The van der Waals surface area contributed by atoms with E-state index in [4.69, 9.17) is 12.6 Å². The Balaban J connectivity index is 2.31. The predicted octanol–water partition coefficient (Wildman–Crippen LogP) is 2.16. The van der Waals surface area contributed by atoms with Crippen LogP contribution in [0.5, 0.6) is 0 Å². The van der Waals surface area contributed by atoms with Crippen molar-refractivity contribution in [3.63, 3.8) is 0 Å². The van der Waals surface area contributed by atoms with Crippen LogP contribution >= 0.6 is 12.6 Å². The SMILES string of the molecule is CN1Cc2cccc3c2C1(S)CC3. The Bertz CT molecular complexity index is 374. The van der Waals surface area contributed by atoms with Crippen LogP contribution in [0.1, 0.15) is 23.1 Å². The van der Waals surface area contributed by atoms with Crippen LogP contribution in [-0.2, 0) is 17.8 Å². The smallest absolute Gasteiger partial charge is 0.0906 e. The van der Waals surface area contributed by atoms with E-state index in [0.717, 1.165) is 6.54 Å². The Labute approximate surface area is 84.2 Å². The lowest BCUT2D eigenvalue weighted by Gasteiger charge is -2.28. The standard InChI is InChI=1S/C11H13NS/c1-12-7-9-4-2-3-8-5-6-11(12,13)10(8)9/h2-4,13H,5-7H2,1H3. The largest absolute Gasteiger partial charge is 0.284 e. The molecule has 1 nitrogen and oxygen atoms in total. The number of aryl methyl sites for hydroxylation is 1. The van der Waals surface area contributed by atoms with Gasteiger partial charge in [-0.3, -0.25) is 4.90 Å². The molecule has 0 bridgehead atoms. The average molecular weight is 191 g/mol. The Morgan fingerprint density at radius 2 is 2.15 bits per heavy atom. The molecule has 1 aromatic rings. The highest BCUT2D eigenvalue weighted by molar-refractivity contribution is 7.81. The Kier molecular flexibility index (Phi) is 1.40. The van der Waals surface area contributed by atoms with Crippen molar-refractivity contribution >= 4 is 12.6 Å². The van der Waals surface area contributed by atoms with E-state index in [1.807, 2.05) is 0 Å². The molecule has 0 saturated carbocycles. The molecule has 1 aromatic carbocycles. The fraction of sp³-hybridized carbons (Fsp3) is 0.455. The molecule has 2 aliphatic rings. The van der Waals surface area contributed by atoms with Crippen LogP contribution in [0.3, 0.4) is 0 Å². The van der Waals surface area contributed by atoms with Crippen molar-refractivity contribution in [3.8, 4) is 0 Å². The first-order valence-electron chi connectivity index (χ1n) is 4.77. The lowest BCUT2D eigenvalue weighted by atomic mass is 10.0. The van der Waals surface area contributed by atoms with Crippen molar-refractivity contribution in [3.05, 3.63) is 34.9 Å². The minimum Gasteiger partial charge on any atom is -0.284 e. The van der Waals surface area contributed by atoms with Gasteiger partial charge in [0.25, 0.3) is 0 Å². The summed E-state index contributed by atoms with van der Waals surface area (Å²) in [6.07, 6.45) is 2.36. The van der Waals surface area contributed by atoms with E-state index in [2.05, 4.69) is 30.1 Å². The molecule has 0 spiro atoms. The summed E-state index contributed by atoms with van der Waals surface area (Å²) in [4.78, 5) is 2.41. The normalized spacial score (nSPS) is 30.9. The topological polar surface area (TPSA) is 3.24 Å². The number of benzene rings is 1. The van der Waals surface area contributed by atoms with Crippen LogP contribution in [0.2, 0.25) is 0 Å². The Hall–Kier alpha value is -0.470. The van der Waals surface area contributed by atoms with Gasteiger partial charge in [-0.15, -0.1) is 0 Å². The highest BCUT2D eigenvalue weighted by Gasteiger charge is 2.44. The average Bonchev–Trinajstić information content (AvgIpc) is 2.57. The summed E-state index contributed by atoms with van der Waals surface area (Å²) in [6.45, 7) is 1.06. The third-order valence-electron chi connectivity index (χ3n) is 3.42. The molecule has 0 saturated heterocycles. The van der Waals surface area contributed by atoms with Gasteiger partial charge in [-0.05, 0) is 36.6 Å². The molecule has 1 aliphatic heterocycles. The second-order valence-corrected chi connectivity index (χ2v) is 4.86. The molecular formula is C11H13NS. The molecule has 1 aliphatic carbocycles. The molecular weight excluding hydrogens is 178 g/mol. The van der Waals surface area contributed by atoms with Crippen molar-refractivity contribution in [2.24, 2.45) is 0 Å². The Morgan fingerprint density at radius 1 is 1.38 bits per heavy atom. The molecule has 13 heavy (non-hydrogen) atoms. The monoisotopic (exact) mass is 191 g/mol. The van der Waals surface area contributed by atoms with Crippen molar-refractivity contribution in [2.45, 2.75) is 24.3 Å². The molecule has 1 unspecified atom stereocenters. The second-order valence-electron chi connectivity index (χ2n) is 4.12. The van der Waals surface area contributed by atoms with E-state index >= 15 is 0 Å². The summed E-state index contributed by atoms with van der Waals surface area (Å²) in [5.74, 6) is 0. The molecule has 2 heteroatoms. The number of nitrogens with zero attached hydrogens (tertiary/aromatic N) is 1. The van der Waals surface area contributed by atoms with E-state index in [1.165, 1.54) is 29.5 Å². The van der Waals surface area contributed by atoms with Crippen LogP contribution in [0.15, 0.2) is 18.2 Å². The first-order valence-corrected chi connectivity index (χ1v) is 5.21. The number of hydrogen-bond donors (Lipinski definition) is 1. The van der Waals surface area contributed by atoms with Crippen molar-refractivity contribution < 1.29 is 0 Å². The van der Waals surface area contributed by atoms with Gasteiger partial charge in [-0.2, -0.15) is 12.6 Å². The zero-order valence-electron chi connectivity index (χ0n) is 7.75. The molecule has 68 valence electrons. The lowest BCUT2D eigenvalue weighted by molar-refractivity contribution is 0.233. The highest BCUT2D eigenvalue weighted by Crippen LogP contribution is 2.50. The number of hydrogen-bond acceptors (Lipinski definition) is 2. The zero-order chi connectivity index (χ0) is 9.05. The van der Waals surface area contributed by atoms with E-state index < -0.39 is 0 Å². The third-order valence-corrected chi connectivity index (χ3v) is 4.21. The minimum atomic E-state index is 0.0475. The summed E-state index contributed by atoms with van der Waals surface area (Å²) in [6, 6.07) is 6.65. The van der Waals surface area contributed by atoms with Crippen LogP contribution in [0, 0.1) is 0 Å². The van der Waals surface area contributed by atoms with E-state index in [-0.39, 0.29) is 4.87 Å². The van der Waals surface area contributed by atoms with E-state index in [9.17, 15) is 0 Å². The fourth-order valence-electron chi connectivity index (χ4n) is 2.71. The van der Waals surface area contributed by atoms with Gasteiger partial charge in [0.1, 0.15) is 0 Å². The molecule has 0 fully saturated rings. The first kappa shape index (κ1) is 7.89. The van der Waals surface area contributed by atoms with Crippen molar-refractivity contribution in [1.82, 2.24) is 4.90 Å². The van der Waals surface area contributed by atoms with Crippen LogP contribution in [0.25, 0.3) is 0 Å². The van der Waals surface area contributed by atoms with Gasteiger partial charge in [0.2, 0.25) is 0 Å². The lowest BCUT2D eigenvalue weighted by Crippen LogP contribution is -2.30. The van der Waals surface area contributed by atoms with Crippen LogP contribution in [0.4, 0.5) is 0 Å². The highest BCUT2D eigenvalue weighted by atomic mass is 32.1. The number of thiol groups is 1. The summed E-state index contributed by atoms with van der Waals surface area (Å²) >= 11 is 4.83. The maximum absolute atomic E-state index is 4.83. The molecule has 1 heterocycles. The molecule has 1 atom stereocenters. The van der Waals surface area contributed by atoms with Gasteiger partial charge >= 0.3 is 0 Å². The van der Waals surface area contributed by atoms with Gasteiger partial charge in [0, 0.05) is 6.54 Å². The van der Waals surface area contributed by atoms with E-state index in [0.29, 0.717) is 0 Å². The van der Waals surface area contributed by atoms with Crippen LogP contribution < -0.4 is 0 Å². The van der Waals surface area contributed by atoms with E-state index in [1.54, 1.807) is 0 Å². The molecule has 0 aromatic heterocycles. The zero-order valence-corrected chi connectivity index (χ0v) is 8.64. The van der Waals surface area contributed by atoms with Gasteiger partial charge < -0.3 is 0 Å². The Morgan fingerprint density at radius 3 is 3.00 bits per heavy atom. The number of rotatable bonds is 0. The summed E-state index contributed by atoms with van der Waals surface area (Å²) in [5, 5.41) is 0. The predicted molar refractivity (Wildman–Crippen MR) is 56.9 cm³/mol. The molecule has 0 N–H and O–H groups in total. The maximum Gasteiger partial charge on any atom is 0.0906 e. The van der Waals surface area contributed by atoms with Gasteiger partial charge in [0.05, 0.1) is 4.87 Å². The quantitative estimate of drug-likeness (QED) is 0.615. The summed E-state index contributed by atoms with van der Waals surface area (Å²) in [5.41, 5.74) is 4.49.